The SMILES string of the molecule is COCCn1cnc(-c2cnc(NC(C)=O)cc2Nc2cc(C)nc(C(C)(F)F)n2)n1. The Morgan fingerprint density at radius 2 is 2.00 bits per heavy atom. The van der Waals surface area contributed by atoms with Gasteiger partial charge in [-0.2, -0.15) is 13.9 Å². The molecule has 164 valence electrons. The van der Waals surface area contributed by atoms with Crippen LogP contribution in [0.3, 0.4) is 0 Å². The quantitative estimate of drug-likeness (QED) is 0.558. The number of methoxy groups -OCH3 is 1. The molecule has 10 nitrogen and oxygen atoms in total. The zero-order valence-corrected chi connectivity index (χ0v) is 17.5. The molecule has 0 aliphatic carbocycles. The highest BCUT2D eigenvalue weighted by molar-refractivity contribution is 5.89. The second kappa shape index (κ2) is 9.08. The Kier molecular flexibility index (Phi) is 6.49. The summed E-state index contributed by atoms with van der Waals surface area (Å²) in [6, 6.07) is 3.08. The largest absolute Gasteiger partial charge is 0.383 e. The van der Waals surface area contributed by atoms with Crippen molar-refractivity contribution in [1.29, 1.82) is 0 Å². The lowest BCUT2D eigenvalue weighted by Crippen LogP contribution is -2.14. The molecular formula is C19H22F2N8O2. The number of pyridine rings is 1. The lowest BCUT2D eigenvalue weighted by molar-refractivity contribution is -0.114. The van der Waals surface area contributed by atoms with Crippen LogP contribution in [0.4, 0.5) is 26.1 Å². The third-order valence-electron chi connectivity index (χ3n) is 4.02. The van der Waals surface area contributed by atoms with Crippen LogP contribution in [0, 0.1) is 6.92 Å². The van der Waals surface area contributed by atoms with E-state index in [1.165, 1.54) is 19.2 Å². The number of amides is 1. The van der Waals surface area contributed by atoms with E-state index in [0.29, 0.717) is 35.9 Å². The fourth-order valence-corrected chi connectivity index (χ4v) is 2.66. The molecule has 3 heterocycles. The highest BCUT2D eigenvalue weighted by Gasteiger charge is 2.29. The second-order valence-corrected chi connectivity index (χ2v) is 6.85. The summed E-state index contributed by atoms with van der Waals surface area (Å²) in [7, 11) is 1.59. The first-order chi connectivity index (χ1) is 14.7. The first-order valence-electron chi connectivity index (χ1n) is 9.33. The van der Waals surface area contributed by atoms with E-state index < -0.39 is 11.7 Å². The molecule has 0 saturated carbocycles. The fourth-order valence-electron chi connectivity index (χ4n) is 2.66. The van der Waals surface area contributed by atoms with Gasteiger partial charge in [0.2, 0.25) is 11.7 Å². The number of halogens is 2. The van der Waals surface area contributed by atoms with Gasteiger partial charge in [-0.3, -0.25) is 9.48 Å². The van der Waals surface area contributed by atoms with E-state index in [0.717, 1.165) is 6.92 Å². The van der Waals surface area contributed by atoms with Gasteiger partial charge < -0.3 is 15.4 Å². The molecule has 12 heteroatoms. The van der Waals surface area contributed by atoms with Crippen LogP contribution in [0.1, 0.15) is 25.4 Å². The third kappa shape index (κ3) is 5.75. The molecule has 3 rings (SSSR count). The molecule has 0 fully saturated rings. The number of anilines is 3. The van der Waals surface area contributed by atoms with Gasteiger partial charge in [0.25, 0.3) is 0 Å². The van der Waals surface area contributed by atoms with Crippen molar-refractivity contribution < 1.29 is 18.3 Å². The van der Waals surface area contributed by atoms with Crippen molar-refractivity contribution in [2.75, 3.05) is 24.4 Å². The number of aromatic nitrogens is 6. The number of ether oxygens (including phenoxy) is 1. The van der Waals surface area contributed by atoms with E-state index in [2.05, 4.69) is 35.7 Å². The number of hydrogen-bond acceptors (Lipinski definition) is 8. The highest BCUT2D eigenvalue weighted by atomic mass is 19.3. The number of carbonyl (C=O) groups excluding carboxylic acids is 1. The van der Waals surface area contributed by atoms with E-state index >= 15 is 0 Å². The van der Waals surface area contributed by atoms with E-state index in [-0.39, 0.29) is 17.5 Å². The number of carbonyl (C=O) groups is 1. The van der Waals surface area contributed by atoms with Crippen LogP contribution in [0.5, 0.6) is 0 Å². The van der Waals surface area contributed by atoms with Crippen LogP contribution in [0.15, 0.2) is 24.7 Å². The first-order valence-corrected chi connectivity index (χ1v) is 9.33. The molecule has 0 atom stereocenters. The molecule has 0 spiro atoms. The van der Waals surface area contributed by atoms with Gasteiger partial charge in [-0.05, 0) is 6.92 Å². The van der Waals surface area contributed by atoms with Gasteiger partial charge in [-0.1, -0.05) is 0 Å². The Bertz CT molecular complexity index is 1080. The van der Waals surface area contributed by atoms with Crippen LogP contribution < -0.4 is 10.6 Å². The average Bonchev–Trinajstić information content (AvgIpc) is 3.13. The molecule has 0 radical (unpaired) electrons. The molecule has 2 N–H and O–H groups in total. The third-order valence-corrected chi connectivity index (χ3v) is 4.02. The predicted molar refractivity (Wildman–Crippen MR) is 109 cm³/mol. The zero-order chi connectivity index (χ0) is 22.6. The Hall–Kier alpha value is -3.54. The summed E-state index contributed by atoms with van der Waals surface area (Å²) in [6.07, 6.45) is 3.03. The monoisotopic (exact) mass is 432 g/mol. The molecule has 0 aliphatic rings. The zero-order valence-electron chi connectivity index (χ0n) is 17.5. The molecule has 31 heavy (non-hydrogen) atoms. The van der Waals surface area contributed by atoms with Crippen molar-refractivity contribution in [2.24, 2.45) is 0 Å². The number of hydrogen-bond donors (Lipinski definition) is 2. The van der Waals surface area contributed by atoms with Crippen LogP contribution in [0.25, 0.3) is 11.4 Å². The Morgan fingerprint density at radius 1 is 1.23 bits per heavy atom. The minimum Gasteiger partial charge on any atom is -0.383 e. The molecular weight excluding hydrogens is 410 g/mol. The Labute approximate surface area is 177 Å². The van der Waals surface area contributed by atoms with Crippen molar-refractivity contribution in [3.63, 3.8) is 0 Å². The summed E-state index contributed by atoms with van der Waals surface area (Å²) >= 11 is 0. The number of rotatable bonds is 8. The maximum absolute atomic E-state index is 13.8. The second-order valence-electron chi connectivity index (χ2n) is 6.85. The van der Waals surface area contributed by atoms with Gasteiger partial charge >= 0.3 is 5.92 Å². The standard InChI is InChI=1S/C19H22F2N8O2/c1-11-7-16(27-18(24-11)19(3,20)21)26-14-8-15(25-12(2)30)22-9-13(14)17-23-10-29(28-17)5-6-31-4/h7-10H,5-6H2,1-4H3,(H2,22,24,25,26,27,30). The number of alkyl halides is 2. The van der Waals surface area contributed by atoms with Gasteiger partial charge in [-0.15, -0.1) is 0 Å². The van der Waals surface area contributed by atoms with Gasteiger partial charge in [-0.25, -0.2) is 19.9 Å². The van der Waals surface area contributed by atoms with E-state index in [9.17, 15) is 13.6 Å². The minimum absolute atomic E-state index is 0.157. The van der Waals surface area contributed by atoms with Crippen molar-refractivity contribution in [3.8, 4) is 11.4 Å². The minimum atomic E-state index is -3.20. The molecule has 0 aliphatic heterocycles. The molecule has 0 aromatic carbocycles. The van der Waals surface area contributed by atoms with Gasteiger partial charge in [0.15, 0.2) is 5.82 Å². The summed E-state index contributed by atoms with van der Waals surface area (Å²) in [4.78, 5) is 27.6. The highest BCUT2D eigenvalue weighted by Crippen LogP contribution is 2.31. The molecule has 0 unspecified atom stereocenters. The number of nitrogens with zero attached hydrogens (tertiary/aromatic N) is 6. The molecule has 3 aromatic rings. The molecule has 0 saturated heterocycles. The average molecular weight is 432 g/mol. The maximum atomic E-state index is 13.8. The van der Waals surface area contributed by atoms with Gasteiger partial charge in [0, 0.05) is 45.0 Å². The van der Waals surface area contributed by atoms with Gasteiger partial charge in [0.05, 0.1) is 24.4 Å². The fraction of sp³-hybridized carbons (Fsp3) is 0.368. The normalized spacial score (nSPS) is 11.4. The predicted octanol–water partition coefficient (Wildman–Crippen LogP) is 2.90. The Morgan fingerprint density at radius 3 is 2.68 bits per heavy atom. The smallest absolute Gasteiger partial charge is 0.303 e. The van der Waals surface area contributed by atoms with Crippen LogP contribution in [-0.2, 0) is 22.0 Å². The summed E-state index contributed by atoms with van der Waals surface area (Å²) in [5, 5.41) is 9.98. The van der Waals surface area contributed by atoms with Crippen molar-refractivity contribution >= 4 is 23.2 Å². The van der Waals surface area contributed by atoms with Crippen molar-refractivity contribution in [3.05, 3.63) is 36.2 Å². The molecule has 0 bridgehead atoms. The topological polar surface area (TPSA) is 120 Å². The maximum Gasteiger partial charge on any atom is 0.303 e. The van der Waals surface area contributed by atoms with E-state index in [4.69, 9.17) is 4.74 Å². The summed E-state index contributed by atoms with van der Waals surface area (Å²) in [5.74, 6) is -3.33. The molecule has 3 aromatic heterocycles. The number of nitrogens with one attached hydrogen (secondary N) is 2. The van der Waals surface area contributed by atoms with Crippen molar-refractivity contribution in [2.45, 2.75) is 33.2 Å². The lowest BCUT2D eigenvalue weighted by atomic mass is 10.2. The van der Waals surface area contributed by atoms with E-state index in [1.54, 1.807) is 31.1 Å². The lowest BCUT2D eigenvalue weighted by Gasteiger charge is -2.14. The van der Waals surface area contributed by atoms with Gasteiger partial charge in [0.1, 0.15) is 18.0 Å². The van der Waals surface area contributed by atoms with Crippen molar-refractivity contribution in [1.82, 2.24) is 29.7 Å². The summed E-state index contributed by atoms with van der Waals surface area (Å²) in [6.45, 7) is 4.64. The Balaban J connectivity index is 2.01. The summed E-state index contributed by atoms with van der Waals surface area (Å²) < 4.78 is 34.2. The molecule has 1 amide bonds. The van der Waals surface area contributed by atoms with Crippen LogP contribution in [-0.4, -0.2) is 49.3 Å². The van der Waals surface area contributed by atoms with Crippen LogP contribution in [0.2, 0.25) is 0 Å². The number of aryl methyl sites for hydroxylation is 1. The summed E-state index contributed by atoms with van der Waals surface area (Å²) in [5.41, 5.74) is 1.28. The van der Waals surface area contributed by atoms with Crippen LogP contribution >= 0.6 is 0 Å². The van der Waals surface area contributed by atoms with E-state index in [1.807, 2.05) is 0 Å². The first kappa shape index (κ1) is 22.2.